The summed E-state index contributed by atoms with van der Waals surface area (Å²) in [5.74, 6) is 0. The van der Waals surface area contributed by atoms with E-state index >= 15 is 0 Å². The van der Waals surface area contributed by atoms with Crippen LogP contribution >= 0.6 is 0 Å². The Hall–Kier alpha value is 0.336. The molecule has 0 unspecified atom stereocenters. The summed E-state index contributed by atoms with van der Waals surface area (Å²) in [7, 11) is -1.42. The van der Waals surface area contributed by atoms with Gasteiger partial charge in [0.05, 0.1) is 0 Å². The van der Waals surface area contributed by atoms with Gasteiger partial charge in [0.25, 0.3) is 0 Å². The maximum atomic E-state index is 8.40. The van der Waals surface area contributed by atoms with Gasteiger partial charge in [-0.1, -0.05) is 0 Å². The second-order valence-electron chi connectivity index (χ2n) is 0.0833. The van der Waals surface area contributed by atoms with Crippen LogP contribution < -0.4 is 0 Å². The van der Waals surface area contributed by atoms with Crippen LogP contribution in [0.1, 0.15) is 0 Å². The van der Waals surface area contributed by atoms with Gasteiger partial charge in [-0.05, 0) is 0 Å². The first kappa shape index (κ1) is 8.84. The largest absolute Gasteiger partial charge is 0.549 e. The van der Waals surface area contributed by atoms with Crippen molar-refractivity contribution in [1.29, 1.82) is 0 Å². The van der Waals surface area contributed by atoms with E-state index in [0.717, 1.165) is 0 Å². The van der Waals surface area contributed by atoms with Gasteiger partial charge in [-0.3, -0.25) is 8.92 Å². The normalized spacial score (nSPS) is 2.00. The summed E-state index contributed by atoms with van der Waals surface area (Å²) in [5, 5.41) is 0. The van der Waals surface area contributed by atoms with Gasteiger partial charge >= 0.3 is 9.29 Å². The molecule has 0 aliphatic carbocycles. The van der Waals surface area contributed by atoms with Crippen LogP contribution in [-0.4, -0.2) is 9.29 Å². The molecule has 0 bridgehead atoms. The fraction of sp³-hybridized carbons (Fsp3) is 0. The Bertz CT molecular complexity index is 27.0. The molecule has 0 saturated heterocycles. The maximum Gasteiger partial charge on any atom is 0.549 e. The van der Waals surface area contributed by atoms with Gasteiger partial charge < -0.3 is 0 Å². The molecule has 2 nitrogen and oxygen atoms in total. The van der Waals surface area contributed by atoms with Crippen molar-refractivity contribution in [1.82, 2.24) is 0 Å². The van der Waals surface area contributed by atoms with E-state index in [9.17, 15) is 0 Å². The van der Waals surface area contributed by atoms with E-state index in [1.165, 1.54) is 0 Å². The molecule has 0 aliphatic rings. The molecule has 0 spiro atoms. The molecule has 0 aromatic carbocycles. The average molecular weight is 115 g/mol. The molecule has 0 aromatic heterocycles. The Morgan fingerprint density at radius 1 is 1.25 bits per heavy atom. The first-order valence-corrected chi connectivity index (χ1v) is 1.22. The quantitative estimate of drug-likeness (QED) is 0.394. The molecule has 4 heteroatoms. The van der Waals surface area contributed by atoms with E-state index < -0.39 is 9.29 Å². The Morgan fingerprint density at radius 3 is 1.25 bits per heavy atom. The van der Waals surface area contributed by atoms with Crippen molar-refractivity contribution in [2.75, 3.05) is 0 Å². The Morgan fingerprint density at radius 2 is 1.25 bits per heavy atom. The summed E-state index contributed by atoms with van der Waals surface area (Å²) in [4.78, 5) is 0. The minimum Gasteiger partial charge on any atom is -0.274 e. The Labute approximate surface area is 36.0 Å². The second-order valence-corrected chi connectivity index (χ2v) is 0.250. The average Bonchev–Trinajstić information content (AvgIpc) is 0.918. The van der Waals surface area contributed by atoms with E-state index in [2.05, 4.69) is 0 Å². The summed E-state index contributed by atoms with van der Waals surface area (Å²) in [5.41, 5.74) is 0. The zero-order chi connectivity index (χ0) is 2.71. The predicted octanol–water partition coefficient (Wildman–Crippen LogP) is -0.621. The zero-order valence-corrected chi connectivity index (χ0v) is 3.87. The molecule has 0 saturated carbocycles. The third-order valence-electron chi connectivity index (χ3n) is 0. The monoisotopic (exact) mass is 115 g/mol. The molecule has 0 N–H and O–H groups in total. The van der Waals surface area contributed by atoms with Crippen LogP contribution in [-0.2, 0) is 26.0 Å². The van der Waals surface area contributed by atoms with Crippen LogP contribution in [0.3, 0.4) is 0 Å². The van der Waals surface area contributed by atoms with Crippen LogP contribution in [0.15, 0.2) is 0 Å². The van der Waals surface area contributed by atoms with E-state index in [0.29, 0.717) is 0 Å². The summed E-state index contributed by atoms with van der Waals surface area (Å²) in [6, 6.07) is 0. The van der Waals surface area contributed by atoms with Crippen molar-refractivity contribution in [2.45, 2.75) is 0 Å². The van der Waals surface area contributed by atoms with Gasteiger partial charge in [-0.25, -0.2) is 0 Å². The summed E-state index contributed by atoms with van der Waals surface area (Å²) >= 11 is 0. The maximum absolute atomic E-state index is 8.40. The van der Waals surface area contributed by atoms with E-state index in [-0.39, 0.29) is 17.1 Å². The van der Waals surface area contributed by atoms with Gasteiger partial charge in [-0.15, -0.1) is 0 Å². The molecule has 0 rings (SSSR count). The topological polar surface area (TPSA) is 34.1 Å². The fourth-order valence-corrected chi connectivity index (χ4v) is 0. The van der Waals surface area contributed by atoms with Crippen molar-refractivity contribution < 1.29 is 26.0 Å². The van der Waals surface area contributed by atoms with Crippen molar-refractivity contribution >= 4 is 9.29 Å². The third-order valence-corrected chi connectivity index (χ3v) is 0. The van der Waals surface area contributed by atoms with Crippen LogP contribution in [0.5, 0.6) is 0 Å². The standard InChI is InChI=1S/Mn.O2Si/c;1-3-2. The van der Waals surface area contributed by atoms with Crippen molar-refractivity contribution in [3.8, 4) is 0 Å². The third kappa shape index (κ3) is 36.9. The van der Waals surface area contributed by atoms with Crippen LogP contribution in [0.25, 0.3) is 0 Å². The fourth-order valence-electron chi connectivity index (χ4n) is 0. The molecule has 0 aromatic rings. The van der Waals surface area contributed by atoms with Crippen molar-refractivity contribution in [2.24, 2.45) is 0 Å². The Balaban J connectivity index is 0. The van der Waals surface area contributed by atoms with Crippen molar-refractivity contribution in [3.63, 3.8) is 0 Å². The van der Waals surface area contributed by atoms with Gasteiger partial charge in [0, 0.05) is 17.1 Å². The number of hydrogen-bond acceptors (Lipinski definition) is 2. The molecule has 0 aliphatic heterocycles. The summed E-state index contributed by atoms with van der Waals surface area (Å²) in [6.45, 7) is 0. The van der Waals surface area contributed by atoms with Crippen molar-refractivity contribution in [3.05, 3.63) is 0 Å². The van der Waals surface area contributed by atoms with Gasteiger partial charge in [0.15, 0.2) is 0 Å². The van der Waals surface area contributed by atoms with E-state index in [1.807, 2.05) is 0 Å². The minimum absolute atomic E-state index is 0. The SMILES string of the molecule is O=[Si]=O.[Mn]. The molecule has 23 valence electrons. The van der Waals surface area contributed by atoms with Gasteiger partial charge in [0.1, 0.15) is 0 Å². The van der Waals surface area contributed by atoms with E-state index in [4.69, 9.17) is 8.92 Å². The van der Waals surface area contributed by atoms with Crippen LogP contribution in [0, 0.1) is 0 Å². The second kappa shape index (κ2) is 10.2. The van der Waals surface area contributed by atoms with Gasteiger partial charge in [0.2, 0.25) is 0 Å². The predicted molar refractivity (Wildman–Crippen MR) is 7.13 cm³/mol. The van der Waals surface area contributed by atoms with Gasteiger partial charge in [-0.2, -0.15) is 0 Å². The summed E-state index contributed by atoms with van der Waals surface area (Å²) in [6.07, 6.45) is 0. The minimum atomic E-state index is -1.42. The van der Waals surface area contributed by atoms with Crippen LogP contribution in [0.4, 0.5) is 0 Å². The first-order chi connectivity index (χ1) is 1.41. The molecular formula is MnO2Si. The molecule has 0 heterocycles. The summed E-state index contributed by atoms with van der Waals surface area (Å²) < 4.78 is 16.8. The molecular weight excluding hydrogens is 115 g/mol. The Kier molecular flexibility index (Phi) is 22.5. The number of rotatable bonds is 0. The smallest absolute Gasteiger partial charge is 0.274 e. The molecule has 0 amide bonds. The molecule has 0 atom stereocenters. The molecule has 4 heavy (non-hydrogen) atoms. The molecule has 0 fully saturated rings. The first-order valence-electron chi connectivity index (χ1n) is 0.408. The van der Waals surface area contributed by atoms with E-state index in [1.54, 1.807) is 0 Å². The molecule has 1 radical (unpaired) electrons. The zero-order valence-electron chi connectivity index (χ0n) is 1.69. The van der Waals surface area contributed by atoms with Crippen LogP contribution in [0.2, 0.25) is 0 Å². The number of hydrogen-bond donors (Lipinski definition) is 0.